The molecule has 0 fully saturated rings. The molecule has 3 aromatic carbocycles. The molecule has 0 aliphatic heterocycles. The van der Waals surface area contributed by atoms with Gasteiger partial charge in [0.05, 0.1) is 5.69 Å². The molecule has 3 aromatic rings. The highest BCUT2D eigenvalue weighted by Crippen LogP contribution is 2.16. The summed E-state index contributed by atoms with van der Waals surface area (Å²) in [7, 11) is 0. The van der Waals surface area contributed by atoms with Crippen molar-refractivity contribution >= 4 is 29.3 Å². The van der Waals surface area contributed by atoms with Crippen LogP contribution in [0.2, 0.25) is 0 Å². The molecule has 4 nitrogen and oxygen atoms in total. The number of rotatable bonds is 4. The predicted octanol–water partition coefficient (Wildman–Crippen LogP) is 4.78. The largest absolute Gasteiger partial charge is 0.326 e. The molecule has 0 saturated carbocycles. The van der Waals surface area contributed by atoms with Crippen LogP contribution in [0.5, 0.6) is 0 Å². The lowest BCUT2D eigenvalue weighted by molar-refractivity contribution is -0.113. The number of hydrogen-bond donors (Lipinski definition) is 2. The smallest absolute Gasteiger partial charge is 0.257 e. The third kappa shape index (κ3) is 4.45. The van der Waals surface area contributed by atoms with E-state index in [-0.39, 0.29) is 11.9 Å². The summed E-state index contributed by atoms with van der Waals surface area (Å²) < 4.78 is 0. The third-order valence-electron chi connectivity index (χ3n) is 3.71. The summed E-state index contributed by atoms with van der Waals surface area (Å²) in [5, 5.41) is 11.4. The van der Waals surface area contributed by atoms with Gasteiger partial charge in [0.25, 0.3) is 5.91 Å². The van der Waals surface area contributed by atoms with Crippen LogP contribution in [0.3, 0.4) is 0 Å². The zero-order valence-corrected chi connectivity index (χ0v) is 14.2. The Labute approximate surface area is 152 Å². The van der Waals surface area contributed by atoms with Crippen molar-refractivity contribution in [2.45, 2.75) is 0 Å². The third-order valence-corrected chi connectivity index (χ3v) is 3.71. The first-order chi connectivity index (χ1) is 12.7. The SMILES string of the molecule is N=C(Nc1ccccc1)N(C(=O)C=Cc1ccccc1)c1ccccc1. The minimum Gasteiger partial charge on any atom is -0.326 e. The maximum Gasteiger partial charge on any atom is 0.257 e. The van der Waals surface area contributed by atoms with E-state index in [4.69, 9.17) is 5.41 Å². The first-order valence-corrected chi connectivity index (χ1v) is 8.27. The summed E-state index contributed by atoms with van der Waals surface area (Å²) in [4.78, 5) is 14.1. The fourth-order valence-electron chi connectivity index (χ4n) is 2.46. The Morgan fingerprint density at radius 2 is 1.35 bits per heavy atom. The van der Waals surface area contributed by atoms with Gasteiger partial charge in [0.1, 0.15) is 0 Å². The quantitative estimate of drug-likeness (QED) is 0.408. The van der Waals surface area contributed by atoms with Gasteiger partial charge in [-0.2, -0.15) is 0 Å². The molecule has 0 aromatic heterocycles. The van der Waals surface area contributed by atoms with E-state index in [0.29, 0.717) is 5.69 Å². The molecule has 2 N–H and O–H groups in total. The maximum absolute atomic E-state index is 12.8. The summed E-state index contributed by atoms with van der Waals surface area (Å²) in [5.74, 6) is -0.307. The number of benzene rings is 3. The van der Waals surface area contributed by atoms with E-state index in [0.717, 1.165) is 11.3 Å². The van der Waals surface area contributed by atoms with Crippen LogP contribution < -0.4 is 10.2 Å². The van der Waals surface area contributed by atoms with Gasteiger partial charge in [0, 0.05) is 11.8 Å². The first kappa shape index (κ1) is 17.2. The van der Waals surface area contributed by atoms with Gasteiger partial charge >= 0.3 is 0 Å². The van der Waals surface area contributed by atoms with Crippen molar-refractivity contribution in [1.29, 1.82) is 5.41 Å². The van der Waals surface area contributed by atoms with Crippen molar-refractivity contribution in [1.82, 2.24) is 0 Å². The lowest BCUT2D eigenvalue weighted by Crippen LogP contribution is -2.39. The highest BCUT2D eigenvalue weighted by molar-refractivity contribution is 6.23. The van der Waals surface area contributed by atoms with Crippen molar-refractivity contribution in [3.63, 3.8) is 0 Å². The molecule has 0 aliphatic rings. The Kier molecular flexibility index (Phi) is 5.58. The van der Waals surface area contributed by atoms with Crippen molar-refractivity contribution in [3.8, 4) is 0 Å². The van der Waals surface area contributed by atoms with Crippen LogP contribution in [0.25, 0.3) is 6.08 Å². The second kappa shape index (κ2) is 8.44. The Balaban J connectivity index is 1.85. The van der Waals surface area contributed by atoms with Crippen LogP contribution in [0.1, 0.15) is 5.56 Å². The van der Waals surface area contributed by atoms with Gasteiger partial charge in [0.15, 0.2) is 0 Å². The molecule has 0 saturated heterocycles. The molecule has 0 heterocycles. The predicted molar refractivity (Wildman–Crippen MR) is 107 cm³/mol. The summed E-state index contributed by atoms with van der Waals surface area (Å²) in [6.07, 6.45) is 3.22. The second-order valence-electron chi connectivity index (χ2n) is 5.59. The lowest BCUT2D eigenvalue weighted by atomic mass is 10.2. The Bertz CT molecular complexity index is 890. The summed E-state index contributed by atoms with van der Waals surface area (Å²) in [6, 6.07) is 28.1. The van der Waals surface area contributed by atoms with E-state index >= 15 is 0 Å². The molecule has 128 valence electrons. The van der Waals surface area contributed by atoms with Crippen molar-refractivity contribution in [2.24, 2.45) is 0 Å². The molecule has 0 atom stereocenters. The van der Waals surface area contributed by atoms with E-state index < -0.39 is 0 Å². The number of nitrogens with zero attached hydrogens (tertiary/aromatic N) is 1. The van der Waals surface area contributed by atoms with Gasteiger partial charge < -0.3 is 5.32 Å². The molecule has 26 heavy (non-hydrogen) atoms. The van der Waals surface area contributed by atoms with Crippen molar-refractivity contribution in [2.75, 3.05) is 10.2 Å². The second-order valence-corrected chi connectivity index (χ2v) is 5.59. The number of hydrogen-bond acceptors (Lipinski definition) is 2. The average molecular weight is 341 g/mol. The fraction of sp³-hybridized carbons (Fsp3) is 0. The van der Waals surface area contributed by atoms with Crippen LogP contribution in [0.4, 0.5) is 11.4 Å². The van der Waals surface area contributed by atoms with Crippen molar-refractivity contribution < 1.29 is 4.79 Å². The standard InChI is InChI=1S/C22H19N3O/c23-22(24-19-12-6-2-7-13-19)25(20-14-8-3-9-15-20)21(26)17-16-18-10-4-1-5-11-18/h1-17H,(H2,23,24). The number of nitrogens with one attached hydrogen (secondary N) is 2. The highest BCUT2D eigenvalue weighted by Gasteiger charge is 2.18. The van der Waals surface area contributed by atoms with E-state index in [1.54, 1.807) is 18.2 Å². The number of para-hydroxylation sites is 2. The number of guanidine groups is 1. The van der Waals surface area contributed by atoms with E-state index in [1.165, 1.54) is 11.0 Å². The molecular formula is C22H19N3O. The van der Waals surface area contributed by atoms with Crippen LogP contribution in [0, 0.1) is 5.41 Å². The van der Waals surface area contributed by atoms with Gasteiger partial charge in [0.2, 0.25) is 5.96 Å². The Hall–Kier alpha value is -3.66. The first-order valence-electron chi connectivity index (χ1n) is 8.27. The van der Waals surface area contributed by atoms with Gasteiger partial charge in [-0.1, -0.05) is 66.7 Å². The van der Waals surface area contributed by atoms with Gasteiger partial charge in [-0.15, -0.1) is 0 Å². The van der Waals surface area contributed by atoms with Gasteiger partial charge in [-0.05, 0) is 35.9 Å². The lowest BCUT2D eigenvalue weighted by Gasteiger charge is -2.22. The molecular weight excluding hydrogens is 322 g/mol. The van der Waals surface area contributed by atoms with Gasteiger partial charge in [-0.25, -0.2) is 4.90 Å². The van der Waals surface area contributed by atoms with E-state index in [2.05, 4.69) is 5.32 Å². The minimum absolute atomic E-state index is 0.00916. The number of carbonyl (C=O) groups is 1. The zero-order valence-electron chi connectivity index (χ0n) is 14.2. The van der Waals surface area contributed by atoms with Crippen LogP contribution in [0.15, 0.2) is 97.1 Å². The summed E-state index contributed by atoms with van der Waals surface area (Å²) >= 11 is 0. The van der Waals surface area contributed by atoms with Crippen molar-refractivity contribution in [3.05, 3.63) is 103 Å². The van der Waals surface area contributed by atoms with Crippen LogP contribution >= 0.6 is 0 Å². The number of anilines is 2. The molecule has 4 heteroatoms. The van der Waals surface area contributed by atoms with Crippen LogP contribution in [-0.4, -0.2) is 11.9 Å². The number of carbonyl (C=O) groups excluding carboxylic acids is 1. The average Bonchev–Trinajstić information content (AvgIpc) is 2.69. The molecule has 0 spiro atoms. The van der Waals surface area contributed by atoms with Crippen LogP contribution in [-0.2, 0) is 4.79 Å². The molecule has 0 bridgehead atoms. The fourth-order valence-corrected chi connectivity index (χ4v) is 2.46. The highest BCUT2D eigenvalue weighted by atomic mass is 16.2. The van der Waals surface area contributed by atoms with Gasteiger partial charge in [-0.3, -0.25) is 10.2 Å². The topological polar surface area (TPSA) is 56.2 Å². The number of amides is 1. The summed E-state index contributed by atoms with van der Waals surface area (Å²) in [5.41, 5.74) is 2.30. The Morgan fingerprint density at radius 3 is 1.96 bits per heavy atom. The zero-order chi connectivity index (χ0) is 18.2. The molecule has 1 amide bonds. The van der Waals surface area contributed by atoms with E-state index in [1.807, 2.05) is 78.9 Å². The molecule has 0 aliphatic carbocycles. The Morgan fingerprint density at radius 1 is 0.808 bits per heavy atom. The molecule has 0 radical (unpaired) electrons. The minimum atomic E-state index is -0.298. The monoisotopic (exact) mass is 341 g/mol. The van der Waals surface area contributed by atoms with E-state index in [9.17, 15) is 4.79 Å². The normalized spacial score (nSPS) is 10.5. The molecule has 3 rings (SSSR count). The summed E-state index contributed by atoms with van der Waals surface area (Å²) in [6.45, 7) is 0. The molecule has 0 unspecified atom stereocenters. The maximum atomic E-state index is 12.8.